The molecule has 1 atom stereocenters. The van der Waals surface area contributed by atoms with E-state index >= 15 is 0 Å². The predicted molar refractivity (Wildman–Crippen MR) is 138 cm³/mol. The molecule has 1 fully saturated rings. The Hall–Kier alpha value is -3.61. The van der Waals surface area contributed by atoms with Crippen LogP contribution < -0.4 is 4.74 Å². The summed E-state index contributed by atoms with van der Waals surface area (Å²) < 4.78 is 26.1. The minimum absolute atomic E-state index is 0.0181. The first-order chi connectivity index (χ1) is 17.7. The zero-order valence-electron chi connectivity index (χ0n) is 21.6. The van der Waals surface area contributed by atoms with Gasteiger partial charge in [0.05, 0.1) is 6.04 Å². The lowest BCUT2D eigenvalue weighted by molar-refractivity contribution is -0.141. The van der Waals surface area contributed by atoms with Crippen LogP contribution in [0, 0.1) is 11.2 Å². The summed E-state index contributed by atoms with van der Waals surface area (Å²) in [5.74, 6) is 1.11. The number of carbonyl (C=O) groups excluding carboxylic acids is 2. The highest BCUT2D eigenvalue weighted by atomic mass is 19.1. The average molecular weight is 505 g/mol. The number of ether oxygens (including phenoxy) is 1. The maximum absolute atomic E-state index is 14.2. The van der Waals surface area contributed by atoms with Gasteiger partial charge >= 0.3 is 0 Å². The average Bonchev–Trinajstić information content (AvgIpc) is 3.58. The van der Waals surface area contributed by atoms with Crippen molar-refractivity contribution in [3.63, 3.8) is 0 Å². The highest BCUT2D eigenvalue weighted by Crippen LogP contribution is 2.39. The molecule has 0 saturated carbocycles. The second-order valence-corrected chi connectivity index (χ2v) is 10.9. The lowest BCUT2D eigenvalue weighted by atomic mass is 9.85. The second kappa shape index (κ2) is 10.0. The van der Waals surface area contributed by atoms with Crippen molar-refractivity contribution >= 4 is 11.8 Å². The van der Waals surface area contributed by atoms with Crippen LogP contribution in [-0.4, -0.2) is 41.2 Å². The van der Waals surface area contributed by atoms with Gasteiger partial charge in [-0.2, -0.15) is 0 Å². The fraction of sp³-hybridized carbons (Fsp3) is 0.400. The van der Waals surface area contributed by atoms with Crippen LogP contribution in [0.15, 0.2) is 59.0 Å². The summed E-state index contributed by atoms with van der Waals surface area (Å²) in [6, 6.07) is 15.4. The second-order valence-electron chi connectivity index (χ2n) is 10.9. The summed E-state index contributed by atoms with van der Waals surface area (Å²) in [4.78, 5) is 29.6. The Balaban J connectivity index is 1.39. The van der Waals surface area contributed by atoms with E-state index in [1.165, 1.54) is 12.1 Å². The summed E-state index contributed by atoms with van der Waals surface area (Å²) in [6.45, 7) is 7.97. The summed E-state index contributed by atoms with van der Waals surface area (Å²) >= 11 is 0. The number of rotatable bonds is 5. The lowest BCUT2D eigenvalue weighted by Crippen LogP contribution is -2.45. The summed E-state index contributed by atoms with van der Waals surface area (Å²) in [7, 11) is 0. The molecule has 2 aromatic carbocycles. The van der Waals surface area contributed by atoms with Crippen LogP contribution >= 0.6 is 0 Å². The van der Waals surface area contributed by atoms with Crippen LogP contribution in [0.25, 0.3) is 0 Å². The molecule has 7 heteroatoms. The topological polar surface area (TPSA) is 63.0 Å². The van der Waals surface area contributed by atoms with E-state index in [0.717, 1.165) is 42.6 Å². The standard InChI is InChI=1S/C30H33FN2O4/c1-30(2,3)29(35)33-16-13-20-9-10-23(18-25(20)27(33)21-7-6-8-22(31)17-21)36-19-24-11-12-26(37-24)28(34)32-14-4-5-15-32/h6-12,17-18,27H,4-5,13-16,19H2,1-3H3/t27-/m0/s1. The van der Waals surface area contributed by atoms with Crippen molar-refractivity contribution in [3.05, 3.63) is 88.6 Å². The van der Waals surface area contributed by atoms with E-state index in [1.54, 1.807) is 18.2 Å². The molecule has 194 valence electrons. The van der Waals surface area contributed by atoms with Gasteiger partial charge in [-0.15, -0.1) is 0 Å². The lowest BCUT2D eigenvalue weighted by Gasteiger charge is -2.41. The van der Waals surface area contributed by atoms with Crippen LogP contribution in [0.5, 0.6) is 5.75 Å². The molecular weight excluding hydrogens is 471 g/mol. The van der Waals surface area contributed by atoms with E-state index in [9.17, 15) is 14.0 Å². The molecule has 0 N–H and O–H groups in total. The number of nitrogens with zero attached hydrogens (tertiary/aromatic N) is 2. The van der Waals surface area contributed by atoms with Crippen molar-refractivity contribution < 1.29 is 23.1 Å². The third-order valence-electron chi connectivity index (χ3n) is 7.06. The fourth-order valence-corrected chi connectivity index (χ4v) is 5.17. The van der Waals surface area contributed by atoms with Crippen LogP contribution in [-0.2, 0) is 17.8 Å². The molecule has 3 heterocycles. The van der Waals surface area contributed by atoms with Gasteiger partial charge in [0.2, 0.25) is 5.91 Å². The number of halogens is 1. The van der Waals surface area contributed by atoms with Gasteiger partial charge in [-0.05, 0) is 72.4 Å². The van der Waals surface area contributed by atoms with Gasteiger partial charge in [-0.1, -0.05) is 39.0 Å². The van der Waals surface area contributed by atoms with Crippen molar-refractivity contribution in [1.29, 1.82) is 0 Å². The maximum atomic E-state index is 14.2. The molecule has 0 radical (unpaired) electrons. The number of amides is 2. The molecule has 3 aromatic rings. The molecule has 0 bridgehead atoms. The Morgan fingerprint density at radius 1 is 1.03 bits per heavy atom. The number of benzene rings is 2. The highest BCUT2D eigenvalue weighted by Gasteiger charge is 2.37. The van der Waals surface area contributed by atoms with E-state index in [4.69, 9.17) is 9.15 Å². The highest BCUT2D eigenvalue weighted by molar-refractivity contribution is 5.91. The van der Waals surface area contributed by atoms with E-state index in [1.807, 2.05) is 54.8 Å². The minimum Gasteiger partial charge on any atom is -0.486 e. The van der Waals surface area contributed by atoms with E-state index < -0.39 is 11.5 Å². The molecule has 1 aromatic heterocycles. The van der Waals surface area contributed by atoms with Crippen molar-refractivity contribution in [3.8, 4) is 5.75 Å². The number of carbonyl (C=O) groups is 2. The van der Waals surface area contributed by atoms with Gasteiger partial charge in [0.1, 0.15) is 23.9 Å². The number of hydrogen-bond donors (Lipinski definition) is 0. The molecule has 2 amide bonds. The zero-order valence-corrected chi connectivity index (χ0v) is 21.6. The fourth-order valence-electron chi connectivity index (χ4n) is 5.17. The Morgan fingerprint density at radius 2 is 1.81 bits per heavy atom. The van der Waals surface area contributed by atoms with Crippen molar-refractivity contribution in [2.24, 2.45) is 5.41 Å². The molecule has 0 unspecified atom stereocenters. The van der Waals surface area contributed by atoms with Gasteiger partial charge in [-0.3, -0.25) is 9.59 Å². The van der Waals surface area contributed by atoms with Gasteiger partial charge in [0.25, 0.3) is 5.91 Å². The van der Waals surface area contributed by atoms with Crippen molar-refractivity contribution in [2.75, 3.05) is 19.6 Å². The largest absolute Gasteiger partial charge is 0.486 e. The van der Waals surface area contributed by atoms with E-state index in [0.29, 0.717) is 30.2 Å². The minimum atomic E-state index is -0.569. The first kappa shape index (κ1) is 25.1. The Bertz CT molecular complexity index is 1300. The quantitative estimate of drug-likeness (QED) is 0.444. The molecule has 0 aliphatic carbocycles. The summed E-state index contributed by atoms with van der Waals surface area (Å²) in [5.41, 5.74) is 2.19. The van der Waals surface area contributed by atoms with Crippen LogP contribution in [0.1, 0.15) is 72.7 Å². The van der Waals surface area contributed by atoms with Crippen LogP contribution in [0.4, 0.5) is 4.39 Å². The number of fused-ring (bicyclic) bond motifs is 1. The Kier molecular flexibility index (Phi) is 6.80. The molecule has 37 heavy (non-hydrogen) atoms. The van der Waals surface area contributed by atoms with Crippen molar-refractivity contribution in [1.82, 2.24) is 9.80 Å². The first-order valence-electron chi connectivity index (χ1n) is 12.9. The van der Waals surface area contributed by atoms with Crippen LogP contribution in [0.3, 0.4) is 0 Å². The molecule has 2 aliphatic heterocycles. The number of likely N-dealkylation sites (tertiary alicyclic amines) is 1. The monoisotopic (exact) mass is 504 g/mol. The zero-order chi connectivity index (χ0) is 26.2. The molecule has 6 nitrogen and oxygen atoms in total. The molecular formula is C30H33FN2O4. The number of furan rings is 1. The van der Waals surface area contributed by atoms with Gasteiger partial charge in [-0.25, -0.2) is 4.39 Å². The Labute approximate surface area is 217 Å². The normalized spacial score (nSPS) is 17.6. The smallest absolute Gasteiger partial charge is 0.289 e. The molecule has 1 saturated heterocycles. The van der Waals surface area contributed by atoms with Gasteiger partial charge in [0, 0.05) is 25.0 Å². The predicted octanol–water partition coefficient (Wildman–Crippen LogP) is 5.75. The van der Waals surface area contributed by atoms with E-state index in [-0.39, 0.29) is 24.2 Å². The Morgan fingerprint density at radius 3 is 2.54 bits per heavy atom. The van der Waals surface area contributed by atoms with Gasteiger partial charge < -0.3 is 19.0 Å². The number of hydrogen-bond acceptors (Lipinski definition) is 4. The molecule has 2 aliphatic rings. The van der Waals surface area contributed by atoms with Gasteiger partial charge in [0.15, 0.2) is 5.76 Å². The van der Waals surface area contributed by atoms with Crippen LogP contribution in [0.2, 0.25) is 0 Å². The van der Waals surface area contributed by atoms with E-state index in [2.05, 4.69) is 0 Å². The first-order valence-corrected chi connectivity index (χ1v) is 12.9. The maximum Gasteiger partial charge on any atom is 0.289 e. The third-order valence-corrected chi connectivity index (χ3v) is 7.06. The molecule has 5 rings (SSSR count). The van der Waals surface area contributed by atoms with Crippen molar-refractivity contribution in [2.45, 2.75) is 52.7 Å². The summed E-state index contributed by atoms with van der Waals surface area (Å²) in [5, 5.41) is 0. The third kappa shape index (κ3) is 5.26. The SMILES string of the molecule is CC(C)(C)C(=O)N1CCc2ccc(OCc3ccc(C(=O)N4CCCC4)o3)cc2[C@@H]1c1cccc(F)c1. The molecule has 0 spiro atoms. The summed E-state index contributed by atoms with van der Waals surface area (Å²) in [6.07, 6.45) is 2.76.